The number of fused-ring (bicyclic) bond motifs is 2. The minimum Gasteiger partial charge on any atom is -0.482 e. The molecule has 0 atom stereocenters. The number of benzene rings is 1. The van der Waals surface area contributed by atoms with E-state index in [0.717, 1.165) is 0 Å². The van der Waals surface area contributed by atoms with E-state index in [-0.39, 0.29) is 29.3 Å². The highest BCUT2D eigenvalue weighted by Crippen LogP contribution is 2.33. The molecular weight excluding hydrogens is 340 g/mol. The quantitative estimate of drug-likeness (QED) is 0.683. The highest BCUT2D eigenvalue weighted by atomic mass is 16.5. The Kier molecular flexibility index (Phi) is 3.50. The van der Waals surface area contributed by atoms with Crippen LogP contribution in [0.2, 0.25) is 0 Å². The second kappa shape index (κ2) is 5.73. The van der Waals surface area contributed by atoms with Crippen LogP contribution >= 0.6 is 0 Å². The van der Waals surface area contributed by atoms with Crippen LogP contribution in [-0.4, -0.2) is 47.4 Å². The molecule has 3 aliphatic heterocycles. The molecule has 0 bridgehead atoms. The summed E-state index contributed by atoms with van der Waals surface area (Å²) in [6.07, 6.45) is 3.10. The second-order valence-electron chi connectivity index (χ2n) is 5.78. The molecule has 1 aromatic rings. The number of nitrogens with zero attached hydrogens (tertiary/aromatic N) is 3. The molecule has 3 aliphatic rings. The zero-order valence-electron chi connectivity index (χ0n) is 14.0. The van der Waals surface area contributed by atoms with Crippen LogP contribution in [-0.2, 0) is 9.53 Å². The van der Waals surface area contributed by atoms with E-state index < -0.39 is 11.5 Å². The number of carbonyl (C=O) groups excluding carboxylic acids is 2. The second-order valence-corrected chi connectivity index (χ2v) is 5.78. The molecule has 0 unspecified atom stereocenters. The highest BCUT2D eigenvalue weighted by Gasteiger charge is 2.25. The van der Waals surface area contributed by atoms with Crippen LogP contribution in [0.5, 0.6) is 5.75 Å². The topological polar surface area (TPSA) is 107 Å². The Labute approximate surface area is 147 Å². The fourth-order valence-electron chi connectivity index (χ4n) is 2.87. The van der Waals surface area contributed by atoms with Crippen LogP contribution in [0.1, 0.15) is 10.4 Å². The monoisotopic (exact) mass is 354 g/mol. The Morgan fingerprint density at radius 1 is 1.31 bits per heavy atom. The predicted molar refractivity (Wildman–Crippen MR) is 91.1 cm³/mol. The summed E-state index contributed by atoms with van der Waals surface area (Å²) in [7, 11) is 2.92. The number of aromatic nitrogens is 3. The maximum Gasteiger partial charge on any atom is 0.341 e. The van der Waals surface area contributed by atoms with Crippen molar-refractivity contribution in [3.63, 3.8) is 0 Å². The third kappa shape index (κ3) is 2.32. The zero-order chi connectivity index (χ0) is 18.4. The maximum absolute atomic E-state index is 12.1. The molecule has 132 valence electrons. The third-order valence-electron chi connectivity index (χ3n) is 4.29. The number of nitrogens with one attached hydrogen (secondary N) is 1. The normalized spacial score (nSPS) is 13.5. The summed E-state index contributed by atoms with van der Waals surface area (Å²) < 4.78 is 11.8. The summed E-state index contributed by atoms with van der Waals surface area (Å²) in [6.45, 7) is -0.0109. The first-order valence-corrected chi connectivity index (χ1v) is 7.72. The molecule has 0 aromatic heterocycles. The van der Waals surface area contributed by atoms with Crippen molar-refractivity contribution in [1.29, 1.82) is 0 Å². The van der Waals surface area contributed by atoms with Crippen molar-refractivity contribution >= 4 is 17.6 Å². The van der Waals surface area contributed by atoms with Crippen molar-refractivity contribution in [3.05, 3.63) is 46.5 Å². The van der Waals surface area contributed by atoms with Crippen molar-refractivity contribution in [2.75, 3.05) is 25.7 Å². The van der Waals surface area contributed by atoms with Crippen LogP contribution in [0, 0.1) is 0 Å². The van der Waals surface area contributed by atoms with Gasteiger partial charge in [-0.3, -0.25) is 9.59 Å². The molecule has 0 fully saturated rings. The molecule has 0 saturated carbocycles. The fraction of sp³-hybridized carbons (Fsp3) is 0.176. The first-order valence-electron chi connectivity index (χ1n) is 7.72. The number of amides is 1. The molecule has 0 saturated heterocycles. The Balaban J connectivity index is 1.91. The molecule has 26 heavy (non-hydrogen) atoms. The van der Waals surface area contributed by atoms with E-state index in [2.05, 4.69) is 10.2 Å². The number of methoxy groups -OCH3 is 1. The van der Waals surface area contributed by atoms with Crippen LogP contribution in [0.4, 0.5) is 5.69 Å². The molecule has 1 amide bonds. The SMILES string of the molecule is COC(=O)c1cn(-c2ccc3c(c2)N(C)C(=O)CO3)cc2c(=O)[nH]nc1-2. The number of H-pyrrole nitrogens is 1. The number of esters is 1. The largest absolute Gasteiger partial charge is 0.482 e. The number of hydrogen-bond acceptors (Lipinski definition) is 6. The minimum atomic E-state index is -0.607. The molecule has 0 aliphatic carbocycles. The molecule has 0 radical (unpaired) electrons. The molecule has 0 spiro atoms. The summed E-state index contributed by atoms with van der Waals surface area (Å²) in [5.74, 6) is -0.190. The molecular formula is C17H14N4O5. The summed E-state index contributed by atoms with van der Waals surface area (Å²) in [6, 6.07) is 5.24. The van der Waals surface area contributed by atoms with Gasteiger partial charge in [-0.05, 0) is 18.2 Å². The average molecular weight is 354 g/mol. The number of likely N-dealkylation sites (N-methyl/N-ethyl adjacent to an activating group) is 1. The average Bonchev–Trinajstić information content (AvgIpc) is 3.04. The number of carbonyl (C=O) groups is 2. The lowest BCUT2D eigenvalue weighted by molar-refractivity contribution is -0.120. The molecule has 9 nitrogen and oxygen atoms in total. The van der Waals surface area contributed by atoms with Crippen LogP contribution < -0.4 is 15.2 Å². The Hall–Kier alpha value is -3.62. The van der Waals surface area contributed by atoms with E-state index in [9.17, 15) is 14.4 Å². The van der Waals surface area contributed by atoms with Crippen LogP contribution in [0.15, 0.2) is 35.4 Å². The Bertz CT molecular complexity index is 1070. The van der Waals surface area contributed by atoms with Crippen molar-refractivity contribution < 1.29 is 19.1 Å². The van der Waals surface area contributed by atoms with Crippen LogP contribution in [0.25, 0.3) is 16.9 Å². The Morgan fingerprint density at radius 3 is 2.88 bits per heavy atom. The van der Waals surface area contributed by atoms with Gasteiger partial charge in [0.25, 0.3) is 11.5 Å². The number of ether oxygens (including phenoxy) is 2. The summed E-state index contributed by atoms with van der Waals surface area (Å²) in [4.78, 5) is 37.4. The van der Waals surface area contributed by atoms with Gasteiger partial charge in [0, 0.05) is 25.1 Å². The van der Waals surface area contributed by atoms with E-state index in [1.165, 1.54) is 18.2 Å². The minimum absolute atomic E-state index is 0.0109. The first-order chi connectivity index (χ1) is 12.5. The highest BCUT2D eigenvalue weighted by molar-refractivity contribution is 5.98. The van der Waals surface area contributed by atoms with Gasteiger partial charge in [-0.1, -0.05) is 0 Å². The predicted octanol–water partition coefficient (Wildman–Crippen LogP) is 0.807. The van der Waals surface area contributed by atoms with Crippen molar-refractivity contribution in [1.82, 2.24) is 14.8 Å². The van der Waals surface area contributed by atoms with E-state index in [1.807, 2.05) is 0 Å². The summed E-state index contributed by atoms with van der Waals surface area (Å²) in [5, 5.41) is 6.23. The van der Waals surface area contributed by atoms with Gasteiger partial charge >= 0.3 is 5.97 Å². The van der Waals surface area contributed by atoms with Crippen molar-refractivity contribution in [3.8, 4) is 22.7 Å². The lowest BCUT2D eigenvalue weighted by atomic mass is 10.1. The van der Waals surface area contributed by atoms with E-state index in [1.54, 1.807) is 36.0 Å². The van der Waals surface area contributed by atoms with Gasteiger partial charge in [-0.2, -0.15) is 5.10 Å². The van der Waals surface area contributed by atoms with E-state index >= 15 is 0 Å². The van der Waals surface area contributed by atoms with Gasteiger partial charge in [-0.15, -0.1) is 0 Å². The zero-order valence-corrected chi connectivity index (χ0v) is 14.0. The van der Waals surface area contributed by atoms with Crippen molar-refractivity contribution in [2.24, 2.45) is 0 Å². The van der Waals surface area contributed by atoms with Gasteiger partial charge in [0.2, 0.25) is 0 Å². The maximum atomic E-state index is 12.1. The number of anilines is 1. The molecule has 3 heterocycles. The molecule has 4 rings (SSSR count). The van der Waals surface area contributed by atoms with Gasteiger partial charge in [0.15, 0.2) is 6.61 Å². The summed E-state index contributed by atoms with van der Waals surface area (Å²) >= 11 is 0. The van der Waals surface area contributed by atoms with Crippen LogP contribution in [0.3, 0.4) is 0 Å². The smallest absolute Gasteiger partial charge is 0.341 e. The number of pyridine rings is 1. The van der Waals surface area contributed by atoms with E-state index in [4.69, 9.17) is 9.47 Å². The van der Waals surface area contributed by atoms with Gasteiger partial charge in [-0.25, -0.2) is 9.89 Å². The third-order valence-corrected chi connectivity index (χ3v) is 4.29. The number of rotatable bonds is 2. The van der Waals surface area contributed by atoms with Gasteiger partial charge in [0.1, 0.15) is 17.0 Å². The Morgan fingerprint density at radius 2 is 2.12 bits per heavy atom. The van der Waals surface area contributed by atoms with E-state index in [0.29, 0.717) is 17.1 Å². The van der Waals surface area contributed by atoms with Crippen molar-refractivity contribution in [2.45, 2.75) is 0 Å². The van der Waals surface area contributed by atoms with Gasteiger partial charge in [0.05, 0.1) is 18.4 Å². The standard InChI is InChI=1S/C17H14N4O5/c1-20-12-5-9(3-4-13(12)26-8-14(20)22)21-6-10-15(18-19-16(10)23)11(7-21)17(24)25-2/h3-7H,8H2,1-2H3,(H,19,23). The molecule has 1 aromatic carbocycles. The lowest BCUT2D eigenvalue weighted by Crippen LogP contribution is -2.35. The van der Waals surface area contributed by atoms with Gasteiger partial charge < -0.3 is 18.9 Å². The molecule has 9 heteroatoms. The summed E-state index contributed by atoms with van der Waals surface area (Å²) in [5.41, 5.74) is 1.48. The number of aromatic amines is 1. The fourth-order valence-corrected chi connectivity index (χ4v) is 2.87. The first kappa shape index (κ1) is 15.9. The lowest BCUT2D eigenvalue weighted by Gasteiger charge is -2.26. The molecule has 1 N–H and O–H groups in total. The number of hydrogen-bond donors (Lipinski definition) is 1.